The second kappa shape index (κ2) is 12.2. The first kappa shape index (κ1) is 28.9. The van der Waals surface area contributed by atoms with E-state index in [0.29, 0.717) is 35.3 Å². The van der Waals surface area contributed by atoms with Crippen molar-refractivity contribution in [1.82, 2.24) is 19.7 Å². The van der Waals surface area contributed by atoms with Crippen LogP contribution in [0.15, 0.2) is 91.0 Å². The van der Waals surface area contributed by atoms with Gasteiger partial charge < -0.3 is 24.8 Å². The standard InChI is InChI=1S/C33H31F2N5O4/c1-39-27-18-24(36-28-16-17-40(32(41)42)21-33(28,34)35)12-13-25(27)30(38-39)26-14-15-29(43-19-22-8-4-2-5-9-22)37-31(26)44-20-23-10-6-3-7-11-23/h2-15,18,28,36H,16-17,19-21H2,1H3,(H,41,42)/t28-/m1/s1. The summed E-state index contributed by atoms with van der Waals surface area (Å²) in [7, 11) is 1.78. The number of hydrogen-bond acceptors (Lipinski definition) is 6. The lowest BCUT2D eigenvalue weighted by molar-refractivity contribution is -0.0671. The van der Waals surface area contributed by atoms with Crippen LogP contribution in [0.25, 0.3) is 22.2 Å². The number of benzene rings is 3. The molecule has 3 aromatic carbocycles. The van der Waals surface area contributed by atoms with E-state index in [-0.39, 0.29) is 19.6 Å². The fourth-order valence-corrected chi connectivity index (χ4v) is 5.28. The molecule has 2 aromatic heterocycles. The number of nitrogens with zero attached hydrogens (tertiary/aromatic N) is 4. The SMILES string of the molecule is Cn1nc(-c2ccc(OCc3ccccc3)nc2OCc2ccccc2)c2ccc(N[C@@H]3CCN(C(=O)O)CC3(F)F)cc21. The molecule has 226 valence electrons. The zero-order valence-corrected chi connectivity index (χ0v) is 24.0. The summed E-state index contributed by atoms with van der Waals surface area (Å²) in [5.41, 5.74) is 4.48. The molecule has 1 aliphatic rings. The average Bonchev–Trinajstić information content (AvgIpc) is 3.36. The monoisotopic (exact) mass is 599 g/mol. The topological polar surface area (TPSA) is 102 Å². The quantitative estimate of drug-likeness (QED) is 0.197. The van der Waals surface area contributed by atoms with Crippen molar-refractivity contribution >= 4 is 22.7 Å². The van der Waals surface area contributed by atoms with Crippen molar-refractivity contribution < 1.29 is 28.2 Å². The zero-order chi connectivity index (χ0) is 30.7. The van der Waals surface area contributed by atoms with Crippen molar-refractivity contribution in [2.45, 2.75) is 31.6 Å². The highest BCUT2D eigenvalue weighted by atomic mass is 19.3. The zero-order valence-electron chi connectivity index (χ0n) is 24.0. The maximum atomic E-state index is 14.8. The molecule has 0 bridgehead atoms. The first-order chi connectivity index (χ1) is 21.3. The number of piperidine rings is 1. The summed E-state index contributed by atoms with van der Waals surface area (Å²) < 4.78 is 43.5. The van der Waals surface area contributed by atoms with E-state index in [4.69, 9.17) is 19.7 Å². The summed E-state index contributed by atoms with van der Waals surface area (Å²) in [6.45, 7) is -0.175. The Balaban J connectivity index is 1.28. The van der Waals surface area contributed by atoms with E-state index < -0.39 is 24.6 Å². The van der Waals surface area contributed by atoms with Crippen LogP contribution in [0.3, 0.4) is 0 Å². The van der Waals surface area contributed by atoms with Gasteiger partial charge in [0.1, 0.15) is 18.9 Å². The van der Waals surface area contributed by atoms with Gasteiger partial charge in [-0.1, -0.05) is 60.7 Å². The van der Waals surface area contributed by atoms with Crippen LogP contribution in [-0.2, 0) is 20.3 Å². The number of halogens is 2. The smallest absolute Gasteiger partial charge is 0.407 e. The van der Waals surface area contributed by atoms with E-state index in [9.17, 15) is 13.6 Å². The van der Waals surface area contributed by atoms with Crippen LogP contribution < -0.4 is 14.8 Å². The molecule has 3 heterocycles. The van der Waals surface area contributed by atoms with Gasteiger partial charge in [0.15, 0.2) is 0 Å². The Morgan fingerprint density at radius 2 is 1.66 bits per heavy atom. The summed E-state index contributed by atoms with van der Waals surface area (Å²) in [4.78, 5) is 16.6. The fraction of sp³-hybridized carbons (Fsp3) is 0.242. The van der Waals surface area contributed by atoms with Gasteiger partial charge >= 0.3 is 6.09 Å². The van der Waals surface area contributed by atoms with Gasteiger partial charge in [-0.25, -0.2) is 13.6 Å². The third-order valence-corrected chi connectivity index (χ3v) is 7.60. The number of likely N-dealkylation sites (tertiary alicyclic amines) is 1. The summed E-state index contributed by atoms with van der Waals surface area (Å²) in [6, 6.07) is 27.3. The number of carboxylic acid groups (broad SMARTS) is 1. The number of aryl methyl sites for hydroxylation is 1. The molecule has 9 nitrogen and oxygen atoms in total. The molecule has 0 aliphatic carbocycles. The molecule has 1 atom stereocenters. The number of pyridine rings is 1. The number of rotatable bonds is 9. The first-order valence-corrected chi connectivity index (χ1v) is 14.2. The molecule has 1 amide bonds. The Morgan fingerprint density at radius 3 is 2.32 bits per heavy atom. The van der Waals surface area contributed by atoms with E-state index in [1.54, 1.807) is 29.9 Å². The van der Waals surface area contributed by atoms with E-state index in [1.165, 1.54) is 0 Å². The number of ether oxygens (including phenoxy) is 2. The van der Waals surface area contributed by atoms with Gasteiger partial charge in [-0.3, -0.25) is 4.68 Å². The van der Waals surface area contributed by atoms with Gasteiger partial charge in [-0.2, -0.15) is 10.1 Å². The van der Waals surface area contributed by atoms with Crippen LogP contribution in [-0.4, -0.2) is 55.9 Å². The van der Waals surface area contributed by atoms with Gasteiger partial charge in [0.25, 0.3) is 5.92 Å². The molecule has 1 saturated heterocycles. The summed E-state index contributed by atoms with van der Waals surface area (Å²) in [5.74, 6) is -2.46. The number of amides is 1. The number of fused-ring (bicyclic) bond motifs is 1. The number of alkyl halides is 2. The van der Waals surface area contributed by atoms with Gasteiger partial charge in [0.05, 0.1) is 23.7 Å². The van der Waals surface area contributed by atoms with Crippen molar-refractivity contribution in [1.29, 1.82) is 0 Å². The van der Waals surface area contributed by atoms with E-state index in [1.807, 2.05) is 72.8 Å². The maximum Gasteiger partial charge on any atom is 0.407 e. The Bertz CT molecular complexity index is 1760. The predicted octanol–water partition coefficient (Wildman–Crippen LogP) is 6.59. The van der Waals surface area contributed by atoms with Gasteiger partial charge in [0, 0.05) is 30.7 Å². The molecular weight excluding hydrogens is 568 g/mol. The third-order valence-electron chi connectivity index (χ3n) is 7.60. The number of hydrogen-bond donors (Lipinski definition) is 2. The van der Waals surface area contributed by atoms with Crippen LogP contribution >= 0.6 is 0 Å². The molecular formula is C33H31F2N5O4. The lowest BCUT2D eigenvalue weighted by Crippen LogP contribution is -2.55. The average molecular weight is 600 g/mol. The Labute approximate surface area is 252 Å². The van der Waals surface area contributed by atoms with E-state index >= 15 is 0 Å². The summed E-state index contributed by atoms with van der Waals surface area (Å²) >= 11 is 0. The molecule has 5 aromatic rings. The van der Waals surface area contributed by atoms with E-state index in [0.717, 1.165) is 26.9 Å². The molecule has 1 aliphatic heterocycles. The lowest BCUT2D eigenvalue weighted by atomic mass is 10.0. The van der Waals surface area contributed by atoms with E-state index in [2.05, 4.69) is 10.3 Å². The maximum absolute atomic E-state index is 14.8. The molecule has 1 fully saturated rings. The van der Waals surface area contributed by atoms with Crippen LogP contribution in [0, 0.1) is 0 Å². The molecule has 0 radical (unpaired) electrons. The second-order valence-electron chi connectivity index (χ2n) is 10.7. The minimum atomic E-state index is -3.22. The van der Waals surface area contributed by atoms with Crippen molar-refractivity contribution in [2.24, 2.45) is 7.05 Å². The van der Waals surface area contributed by atoms with Crippen molar-refractivity contribution in [3.05, 3.63) is 102 Å². The molecule has 0 unspecified atom stereocenters. The Morgan fingerprint density at radius 1 is 0.977 bits per heavy atom. The minimum Gasteiger partial charge on any atom is -0.473 e. The van der Waals surface area contributed by atoms with Gasteiger partial charge in [-0.15, -0.1) is 0 Å². The van der Waals surface area contributed by atoms with Gasteiger partial charge in [-0.05, 0) is 41.8 Å². The fourth-order valence-electron chi connectivity index (χ4n) is 5.28. The highest BCUT2D eigenvalue weighted by Crippen LogP contribution is 2.37. The highest BCUT2D eigenvalue weighted by molar-refractivity contribution is 5.96. The number of anilines is 1. The molecule has 0 saturated carbocycles. The van der Waals surface area contributed by atoms with Crippen LogP contribution in [0.1, 0.15) is 17.5 Å². The number of aromatic nitrogens is 3. The Kier molecular flexibility index (Phi) is 8.01. The molecule has 6 rings (SSSR count). The third kappa shape index (κ3) is 6.26. The largest absolute Gasteiger partial charge is 0.473 e. The summed E-state index contributed by atoms with van der Waals surface area (Å²) in [6.07, 6.45) is -1.36. The number of carbonyl (C=O) groups is 1. The van der Waals surface area contributed by atoms with Gasteiger partial charge in [0.2, 0.25) is 11.8 Å². The second-order valence-corrected chi connectivity index (χ2v) is 10.7. The summed E-state index contributed by atoms with van der Waals surface area (Å²) in [5, 5.41) is 17.6. The molecule has 11 heteroatoms. The first-order valence-electron chi connectivity index (χ1n) is 14.2. The lowest BCUT2D eigenvalue weighted by Gasteiger charge is -2.37. The van der Waals surface area contributed by atoms with Crippen molar-refractivity contribution in [3.8, 4) is 23.0 Å². The number of nitrogens with one attached hydrogen (secondary N) is 1. The minimum absolute atomic E-state index is 0.0134. The van der Waals surface area contributed by atoms with Crippen LogP contribution in [0.4, 0.5) is 19.3 Å². The van der Waals surface area contributed by atoms with Crippen LogP contribution in [0.2, 0.25) is 0 Å². The molecule has 0 spiro atoms. The van der Waals surface area contributed by atoms with Crippen LogP contribution in [0.5, 0.6) is 11.8 Å². The molecule has 2 N–H and O–H groups in total. The van der Waals surface area contributed by atoms with Crippen molar-refractivity contribution in [3.63, 3.8) is 0 Å². The highest BCUT2D eigenvalue weighted by Gasteiger charge is 2.46. The Hall–Kier alpha value is -5.19. The predicted molar refractivity (Wildman–Crippen MR) is 162 cm³/mol. The van der Waals surface area contributed by atoms with Crippen molar-refractivity contribution in [2.75, 3.05) is 18.4 Å². The normalized spacial score (nSPS) is 16.1. The molecule has 44 heavy (non-hydrogen) atoms.